The van der Waals surface area contributed by atoms with E-state index in [1.165, 1.54) is 10.8 Å². The van der Waals surface area contributed by atoms with Gasteiger partial charge in [0.1, 0.15) is 5.82 Å². The molecule has 0 unspecified atom stereocenters. The van der Waals surface area contributed by atoms with Crippen molar-refractivity contribution in [2.24, 2.45) is 0 Å². The van der Waals surface area contributed by atoms with Gasteiger partial charge in [-0.05, 0) is 22.9 Å². The molecule has 3 rings (SSSR count). The fourth-order valence-electron chi connectivity index (χ4n) is 2.55. The number of imidazole rings is 1. The molecule has 0 aliphatic carbocycles. The van der Waals surface area contributed by atoms with Crippen molar-refractivity contribution < 1.29 is 0 Å². The Labute approximate surface area is 146 Å². The standard InChI is InChI=1S/C16H17Cl2N3.ClH/c17-5-7-21(8-6-18)11-16-19-14-9-12-3-1-2-4-13(12)10-15(14)20-16;/h1-4,9-10H,5-8,11H2,(H,19,20);1H. The van der Waals surface area contributed by atoms with Crippen molar-refractivity contribution in [2.75, 3.05) is 24.8 Å². The van der Waals surface area contributed by atoms with E-state index in [0.717, 1.165) is 36.5 Å². The van der Waals surface area contributed by atoms with Crippen LogP contribution in [-0.2, 0) is 6.54 Å². The van der Waals surface area contributed by atoms with E-state index in [1.54, 1.807) is 0 Å². The number of H-pyrrole nitrogens is 1. The van der Waals surface area contributed by atoms with E-state index >= 15 is 0 Å². The first-order valence-corrected chi connectivity index (χ1v) is 8.09. The van der Waals surface area contributed by atoms with Gasteiger partial charge < -0.3 is 4.98 Å². The minimum Gasteiger partial charge on any atom is -0.341 e. The Morgan fingerprint density at radius 2 is 1.64 bits per heavy atom. The number of alkyl halides is 2. The van der Waals surface area contributed by atoms with Crippen LogP contribution >= 0.6 is 35.6 Å². The molecule has 6 heteroatoms. The molecular formula is C16H18Cl3N3. The lowest BCUT2D eigenvalue weighted by molar-refractivity contribution is 0.293. The monoisotopic (exact) mass is 357 g/mol. The quantitative estimate of drug-likeness (QED) is 0.662. The smallest absolute Gasteiger partial charge is 0.121 e. The van der Waals surface area contributed by atoms with Crippen molar-refractivity contribution in [1.82, 2.24) is 14.9 Å². The van der Waals surface area contributed by atoms with E-state index in [1.807, 2.05) is 12.1 Å². The van der Waals surface area contributed by atoms with Crippen molar-refractivity contribution in [3.05, 3.63) is 42.2 Å². The highest BCUT2D eigenvalue weighted by Gasteiger charge is 2.09. The number of fused-ring (bicyclic) bond motifs is 2. The average Bonchev–Trinajstić information content (AvgIpc) is 2.86. The summed E-state index contributed by atoms with van der Waals surface area (Å²) in [5, 5.41) is 2.43. The minimum atomic E-state index is 0. The number of nitrogens with one attached hydrogen (secondary N) is 1. The summed E-state index contributed by atoms with van der Waals surface area (Å²) in [5.74, 6) is 2.15. The van der Waals surface area contributed by atoms with Crippen LogP contribution in [0.4, 0.5) is 0 Å². The second kappa shape index (κ2) is 8.02. The van der Waals surface area contributed by atoms with Crippen molar-refractivity contribution >= 4 is 57.4 Å². The molecule has 3 nitrogen and oxygen atoms in total. The van der Waals surface area contributed by atoms with Crippen LogP contribution in [0.15, 0.2) is 36.4 Å². The Morgan fingerprint density at radius 3 is 2.27 bits per heavy atom. The van der Waals surface area contributed by atoms with Crippen LogP contribution in [0.2, 0.25) is 0 Å². The van der Waals surface area contributed by atoms with Crippen molar-refractivity contribution in [3.8, 4) is 0 Å². The summed E-state index contributed by atoms with van der Waals surface area (Å²) in [7, 11) is 0. The van der Waals surface area contributed by atoms with E-state index in [2.05, 4.69) is 39.1 Å². The van der Waals surface area contributed by atoms with Crippen LogP contribution in [0.5, 0.6) is 0 Å². The number of aromatic nitrogens is 2. The SMILES string of the molecule is Cl.ClCCN(CCCl)Cc1nc2cc3ccccc3cc2[nH]1. The summed E-state index contributed by atoms with van der Waals surface area (Å²) in [4.78, 5) is 10.3. The van der Waals surface area contributed by atoms with E-state index in [0.29, 0.717) is 11.8 Å². The molecule has 0 saturated carbocycles. The summed E-state index contributed by atoms with van der Waals surface area (Å²) in [5.41, 5.74) is 2.07. The van der Waals surface area contributed by atoms with Crippen LogP contribution in [0.3, 0.4) is 0 Å². The van der Waals surface area contributed by atoms with Gasteiger partial charge in [-0.15, -0.1) is 35.6 Å². The Bertz CT molecular complexity index is 683. The minimum absolute atomic E-state index is 0. The fraction of sp³-hybridized carbons (Fsp3) is 0.312. The Morgan fingerprint density at radius 1 is 1.00 bits per heavy atom. The third kappa shape index (κ3) is 3.85. The van der Waals surface area contributed by atoms with E-state index < -0.39 is 0 Å². The third-order valence-corrected chi connectivity index (χ3v) is 3.91. The maximum absolute atomic E-state index is 5.83. The Balaban J connectivity index is 0.00000176. The summed E-state index contributed by atoms with van der Waals surface area (Å²) in [6.45, 7) is 2.37. The molecule has 118 valence electrons. The molecule has 1 heterocycles. The normalized spacial score (nSPS) is 11.2. The topological polar surface area (TPSA) is 31.9 Å². The molecule has 0 radical (unpaired) electrons. The molecule has 22 heavy (non-hydrogen) atoms. The van der Waals surface area contributed by atoms with Gasteiger partial charge >= 0.3 is 0 Å². The van der Waals surface area contributed by atoms with Gasteiger partial charge in [0.05, 0.1) is 17.6 Å². The lowest BCUT2D eigenvalue weighted by atomic mass is 10.1. The first-order valence-electron chi connectivity index (χ1n) is 7.02. The second-order valence-corrected chi connectivity index (χ2v) is 5.81. The van der Waals surface area contributed by atoms with Gasteiger partial charge in [0, 0.05) is 24.8 Å². The zero-order chi connectivity index (χ0) is 14.7. The van der Waals surface area contributed by atoms with Crippen LogP contribution in [0.25, 0.3) is 21.8 Å². The van der Waals surface area contributed by atoms with Gasteiger partial charge in [-0.3, -0.25) is 4.90 Å². The lowest BCUT2D eigenvalue weighted by Crippen LogP contribution is -2.27. The molecular weight excluding hydrogens is 341 g/mol. The second-order valence-electron chi connectivity index (χ2n) is 5.05. The summed E-state index contributed by atoms with van der Waals surface area (Å²) < 4.78 is 0. The van der Waals surface area contributed by atoms with E-state index in [-0.39, 0.29) is 12.4 Å². The first-order chi connectivity index (χ1) is 10.3. The molecule has 0 amide bonds. The predicted octanol–water partition coefficient (Wildman–Crippen LogP) is 4.42. The summed E-state index contributed by atoms with van der Waals surface area (Å²) in [6.07, 6.45) is 0. The van der Waals surface area contributed by atoms with Crippen LogP contribution in [-0.4, -0.2) is 39.7 Å². The number of rotatable bonds is 6. The Kier molecular flexibility index (Phi) is 6.33. The molecule has 1 aromatic heterocycles. The molecule has 0 fully saturated rings. The predicted molar refractivity (Wildman–Crippen MR) is 97.6 cm³/mol. The number of aromatic amines is 1. The molecule has 3 aromatic rings. The van der Waals surface area contributed by atoms with Crippen molar-refractivity contribution in [1.29, 1.82) is 0 Å². The fourth-order valence-corrected chi connectivity index (χ4v) is 3.02. The summed E-state index contributed by atoms with van der Waals surface area (Å²) in [6, 6.07) is 12.6. The molecule has 0 bridgehead atoms. The van der Waals surface area contributed by atoms with Crippen molar-refractivity contribution in [2.45, 2.75) is 6.54 Å². The lowest BCUT2D eigenvalue weighted by Gasteiger charge is -2.18. The van der Waals surface area contributed by atoms with Gasteiger partial charge in [0.25, 0.3) is 0 Å². The maximum Gasteiger partial charge on any atom is 0.121 e. The van der Waals surface area contributed by atoms with Crippen molar-refractivity contribution in [3.63, 3.8) is 0 Å². The number of benzene rings is 2. The molecule has 0 atom stereocenters. The van der Waals surface area contributed by atoms with Gasteiger partial charge in [-0.2, -0.15) is 0 Å². The van der Waals surface area contributed by atoms with Crippen LogP contribution in [0, 0.1) is 0 Å². The summed E-state index contributed by atoms with van der Waals surface area (Å²) >= 11 is 11.7. The zero-order valence-electron chi connectivity index (χ0n) is 12.1. The zero-order valence-corrected chi connectivity index (χ0v) is 14.4. The molecule has 2 aromatic carbocycles. The highest BCUT2D eigenvalue weighted by molar-refractivity contribution is 6.18. The molecule has 0 aliphatic heterocycles. The third-order valence-electron chi connectivity index (χ3n) is 3.57. The van der Waals surface area contributed by atoms with Gasteiger partial charge in [0.15, 0.2) is 0 Å². The number of hydrogen-bond acceptors (Lipinski definition) is 2. The maximum atomic E-state index is 5.83. The highest BCUT2D eigenvalue weighted by atomic mass is 35.5. The van der Waals surface area contributed by atoms with Gasteiger partial charge in [-0.1, -0.05) is 24.3 Å². The molecule has 0 spiro atoms. The van der Waals surface area contributed by atoms with Crippen LogP contribution < -0.4 is 0 Å². The average molecular weight is 359 g/mol. The largest absolute Gasteiger partial charge is 0.341 e. The molecule has 0 saturated heterocycles. The molecule has 0 aliphatic rings. The highest BCUT2D eigenvalue weighted by Crippen LogP contribution is 2.21. The molecule has 1 N–H and O–H groups in total. The van der Waals surface area contributed by atoms with Gasteiger partial charge in [-0.25, -0.2) is 4.98 Å². The van der Waals surface area contributed by atoms with Gasteiger partial charge in [0.2, 0.25) is 0 Å². The van der Waals surface area contributed by atoms with E-state index in [4.69, 9.17) is 23.2 Å². The number of halogens is 3. The Hall–Kier alpha value is -1.00. The number of hydrogen-bond donors (Lipinski definition) is 1. The first kappa shape index (κ1) is 17.4. The number of nitrogens with zero attached hydrogens (tertiary/aromatic N) is 2. The van der Waals surface area contributed by atoms with E-state index in [9.17, 15) is 0 Å². The van der Waals surface area contributed by atoms with Crippen LogP contribution in [0.1, 0.15) is 5.82 Å².